The van der Waals surface area contributed by atoms with Crippen LogP contribution >= 0.6 is 0 Å². The van der Waals surface area contributed by atoms with E-state index in [0.29, 0.717) is 0 Å². The van der Waals surface area contributed by atoms with Crippen LogP contribution in [0.2, 0.25) is 0 Å². The molecule has 1 heterocycles. The summed E-state index contributed by atoms with van der Waals surface area (Å²) in [4.78, 5) is 0. The van der Waals surface area contributed by atoms with E-state index in [1.165, 1.54) is 0 Å². The van der Waals surface area contributed by atoms with Crippen molar-refractivity contribution in [1.29, 1.82) is 0 Å². The molecule has 4 nitrogen and oxygen atoms in total. The lowest BCUT2D eigenvalue weighted by Gasteiger charge is -2.02. The molecule has 0 spiro atoms. The van der Waals surface area contributed by atoms with Crippen LogP contribution in [0, 0.1) is 0 Å². The summed E-state index contributed by atoms with van der Waals surface area (Å²) >= 11 is 0. The molecule has 0 aliphatic rings. The Bertz CT molecular complexity index is 199. The average molecular weight is 183 g/mol. The number of aromatic amines is 1. The Morgan fingerprint density at radius 1 is 1.54 bits per heavy atom. The topological polar surface area (TPSA) is 49.9 Å². The summed E-state index contributed by atoms with van der Waals surface area (Å²) < 4.78 is 4.95. The molecule has 0 amide bonds. The lowest BCUT2D eigenvalue weighted by molar-refractivity contribution is 0.192. The van der Waals surface area contributed by atoms with E-state index in [1.54, 1.807) is 13.3 Å². The molecule has 0 saturated carbocycles. The summed E-state index contributed by atoms with van der Waals surface area (Å²) in [5.74, 6) is 0. The fourth-order valence-electron chi connectivity index (χ4n) is 1.10. The van der Waals surface area contributed by atoms with Gasteiger partial charge < -0.3 is 10.1 Å². The Hall–Kier alpha value is -0.870. The highest BCUT2D eigenvalue weighted by atomic mass is 16.5. The van der Waals surface area contributed by atoms with Crippen LogP contribution in [0.1, 0.15) is 18.5 Å². The van der Waals surface area contributed by atoms with Crippen molar-refractivity contribution in [3.8, 4) is 0 Å². The van der Waals surface area contributed by atoms with Crippen molar-refractivity contribution >= 4 is 0 Å². The zero-order valence-corrected chi connectivity index (χ0v) is 8.05. The zero-order chi connectivity index (χ0) is 9.36. The van der Waals surface area contributed by atoms with Crippen LogP contribution in [-0.4, -0.2) is 30.5 Å². The Morgan fingerprint density at radius 3 is 3.15 bits per heavy atom. The number of rotatable bonds is 7. The van der Waals surface area contributed by atoms with Gasteiger partial charge in [-0.3, -0.25) is 5.10 Å². The van der Waals surface area contributed by atoms with Gasteiger partial charge in [0.1, 0.15) is 0 Å². The third-order valence-electron chi connectivity index (χ3n) is 1.83. The quantitative estimate of drug-likeness (QED) is 0.618. The first-order valence-corrected chi connectivity index (χ1v) is 4.61. The number of methoxy groups -OCH3 is 1. The molecular weight excluding hydrogens is 166 g/mol. The number of nitrogens with one attached hydrogen (secondary N) is 2. The first-order chi connectivity index (χ1) is 6.43. The monoisotopic (exact) mass is 183 g/mol. The van der Waals surface area contributed by atoms with E-state index in [4.69, 9.17) is 4.74 Å². The molecule has 0 atom stereocenters. The summed E-state index contributed by atoms with van der Waals surface area (Å²) in [6.07, 6.45) is 4.04. The summed E-state index contributed by atoms with van der Waals surface area (Å²) in [7, 11) is 1.73. The fourth-order valence-corrected chi connectivity index (χ4v) is 1.10. The van der Waals surface area contributed by atoms with Crippen molar-refractivity contribution in [2.45, 2.75) is 19.4 Å². The van der Waals surface area contributed by atoms with E-state index in [-0.39, 0.29) is 0 Å². The average Bonchev–Trinajstić information content (AvgIpc) is 2.63. The van der Waals surface area contributed by atoms with Gasteiger partial charge in [-0.25, -0.2) is 0 Å². The van der Waals surface area contributed by atoms with Crippen LogP contribution in [0.15, 0.2) is 12.3 Å². The van der Waals surface area contributed by atoms with Gasteiger partial charge in [-0.2, -0.15) is 5.10 Å². The maximum absolute atomic E-state index is 4.95. The van der Waals surface area contributed by atoms with Crippen LogP contribution in [0.5, 0.6) is 0 Å². The second-order valence-electron chi connectivity index (χ2n) is 2.96. The molecule has 0 aromatic carbocycles. The molecule has 1 aromatic rings. The standard InChI is InChI=1S/C9H17N3O/c1-13-7-3-2-5-10-8-9-4-6-11-12-9/h4,6,10H,2-3,5,7-8H2,1H3,(H,11,12). The van der Waals surface area contributed by atoms with Crippen LogP contribution in [0.25, 0.3) is 0 Å². The van der Waals surface area contributed by atoms with E-state index in [9.17, 15) is 0 Å². The van der Waals surface area contributed by atoms with Gasteiger partial charge >= 0.3 is 0 Å². The van der Waals surface area contributed by atoms with Crippen molar-refractivity contribution in [3.05, 3.63) is 18.0 Å². The number of hydrogen-bond acceptors (Lipinski definition) is 3. The Kier molecular flexibility index (Phi) is 5.20. The minimum atomic E-state index is 0.853. The second kappa shape index (κ2) is 6.62. The molecule has 0 bridgehead atoms. The smallest absolute Gasteiger partial charge is 0.0490 e. The molecule has 1 aromatic heterocycles. The van der Waals surface area contributed by atoms with E-state index in [0.717, 1.165) is 38.2 Å². The molecule has 0 saturated heterocycles. The maximum atomic E-state index is 4.95. The SMILES string of the molecule is COCCCCNCc1ccn[nH]1. The molecule has 74 valence electrons. The van der Waals surface area contributed by atoms with E-state index in [1.807, 2.05) is 6.07 Å². The predicted molar refractivity (Wildman–Crippen MR) is 51.4 cm³/mol. The van der Waals surface area contributed by atoms with Gasteiger partial charge in [-0.1, -0.05) is 0 Å². The van der Waals surface area contributed by atoms with Crippen LogP contribution in [-0.2, 0) is 11.3 Å². The Labute approximate surface area is 78.7 Å². The molecule has 0 aliphatic carbocycles. The lowest BCUT2D eigenvalue weighted by Crippen LogP contribution is -2.15. The van der Waals surface area contributed by atoms with Gasteiger partial charge in [0.25, 0.3) is 0 Å². The zero-order valence-electron chi connectivity index (χ0n) is 8.05. The number of ether oxygens (including phenoxy) is 1. The van der Waals surface area contributed by atoms with Crippen LogP contribution < -0.4 is 5.32 Å². The minimum absolute atomic E-state index is 0.853. The molecule has 0 aliphatic heterocycles. The highest BCUT2D eigenvalue weighted by Crippen LogP contribution is 1.91. The minimum Gasteiger partial charge on any atom is -0.385 e. The van der Waals surface area contributed by atoms with Gasteiger partial charge in [0.2, 0.25) is 0 Å². The number of nitrogens with zero attached hydrogens (tertiary/aromatic N) is 1. The molecule has 0 unspecified atom stereocenters. The third-order valence-corrected chi connectivity index (χ3v) is 1.83. The third kappa shape index (κ3) is 4.65. The van der Waals surface area contributed by atoms with E-state index < -0.39 is 0 Å². The van der Waals surface area contributed by atoms with Gasteiger partial charge in [0, 0.05) is 32.2 Å². The molecule has 0 radical (unpaired) electrons. The van der Waals surface area contributed by atoms with Crippen LogP contribution in [0.3, 0.4) is 0 Å². The first-order valence-electron chi connectivity index (χ1n) is 4.61. The van der Waals surface area contributed by atoms with Crippen LogP contribution in [0.4, 0.5) is 0 Å². The number of H-pyrrole nitrogens is 1. The molecule has 13 heavy (non-hydrogen) atoms. The second-order valence-corrected chi connectivity index (χ2v) is 2.96. The van der Waals surface area contributed by atoms with Gasteiger partial charge in [-0.05, 0) is 25.5 Å². The normalized spacial score (nSPS) is 10.5. The van der Waals surface area contributed by atoms with Crippen molar-refractivity contribution in [3.63, 3.8) is 0 Å². The van der Waals surface area contributed by atoms with Gasteiger partial charge in [-0.15, -0.1) is 0 Å². The highest BCUT2D eigenvalue weighted by molar-refractivity contribution is 4.96. The highest BCUT2D eigenvalue weighted by Gasteiger charge is 1.92. The fraction of sp³-hybridized carbons (Fsp3) is 0.667. The molecule has 2 N–H and O–H groups in total. The Balaban J connectivity index is 1.90. The van der Waals surface area contributed by atoms with Crippen molar-refractivity contribution < 1.29 is 4.74 Å². The summed E-state index contributed by atoms with van der Waals surface area (Å²) in [5.41, 5.74) is 1.13. The Morgan fingerprint density at radius 2 is 2.46 bits per heavy atom. The summed E-state index contributed by atoms with van der Waals surface area (Å²) in [5, 5.41) is 10.1. The number of hydrogen-bond donors (Lipinski definition) is 2. The molecule has 4 heteroatoms. The van der Waals surface area contributed by atoms with E-state index in [2.05, 4.69) is 15.5 Å². The molecular formula is C9H17N3O. The summed E-state index contributed by atoms with van der Waals surface area (Å²) in [6.45, 7) is 2.75. The maximum Gasteiger partial charge on any atom is 0.0490 e. The number of aromatic nitrogens is 2. The summed E-state index contributed by atoms with van der Waals surface area (Å²) in [6, 6.07) is 1.97. The van der Waals surface area contributed by atoms with Crippen molar-refractivity contribution in [2.24, 2.45) is 0 Å². The van der Waals surface area contributed by atoms with Crippen molar-refractivity contribution in [1.82, 2.24) is 15.5 Å². The van der Waals surface area contributed by atoms with Gasteiger partial charge in [0.15, 0.2) is 0 Å². The first kappa shape index (κ1) is 10.2. The van der Waals surface area contributed by atoms with Crippen molar-refractivity contribution in [2.75, 3.05) is 20.3 Å². The largest absolute Gasteiger partial charge is 0.385 e. The molecule has 1 rings (SSSR count). The lowest BCUT2D eigenvalue weighted by atomic mass is 10.3. The van der Waals surface area contributed by atoms with E-state index >= 15 is 0 Å². The number of unbranched alkanes of at least 4 members (excludes halogenated alkanes) is 1. The van der Waals surface area contributed by atoms with Gasteiger partial charge in [0.05, 0.1) is 0 Å². The molecule has 0 fully saturated rings. The predicted octanol–water partition coefficient (Wildman–Crippen LogP) is 0.926.